The zero-order chi connectivity index (χ0) is 26.7. The summed E-state index contributed by atoms with van der Waals surface area (Å²) in [6.45, 7) is 13.1. The molecule has 3 N–H and O–H groups in total. The Hall–Kier alpha value is -2.92. The topological polar surface area (TPSA) is 82.2 Å². The number of carbonyl (C=O) groups is 2. The molecule has 0 saturated heterocycles. The molecule has 3 aliphatic rings. The minimum absolute atomic E-state index is 0.0394. The van der Waals surface area contributed by atoms with E-state index in [1.165, 1.54) is 11.6 Å². The molecule has 1 amide bonds. The van der Waals surface area contributed by atoms with Gasteiger partial charge in [0, 0.05) is 35.4 Å². The Balaban J connectivity index is 1.54. The van der Waals surface area contributed by atoms with Gasteiger partial charge in [0.15, 0.2) is 11.5 Å². The number of fused-ring (bicyclic) bond motifs is 2. The molecule has 5 heteroatoms. The van der Waals surface area contributed by atoms with E-state index in [2.05, 4.69) is 57.1 Å². The molecular formula is C32H40N2O3. The minimum atomic E-state index is -1.60. The number of para-hydroxylation sites is 1. The number of amides is 1. The summed E-state index contributed by atoms with van der Waals surface area (Å²) < 4.78 is 0. The predicted molar refractivity (Wildman–Crippen MR) is 148 cm³/mol. The SMILES string of the molecule is CC=C(C)C1C(C)=CC2(C)CC(C)CC(C)C2C1C(=O)C1=CC(O)(Cc2c[nH]c3ccccc23)NC1=O. The summed E-state index contributed by atoms with van der Waals surface area (Å²) in [6.07, 6.45) is 10.2. The van der Waals surface area contributed by atoms with Crippen molar-refractivity contribution in [2.45, 2.75) is 66.5 Å². The van der Waals surface area contributed by atoms with Gasteiger partial charge in [-0.15, -0.1) is 0 Å². The Labute approximate surface area is 220 Å². The van der Waals surface area contributed by atoms with Gasteiger partial charge in [0.1, 0.15) is 0 Å². The predicted octanol–water partition coefficient (Wildman–Crippen LogP) is 5.87. The van der Waals surface area contributed by atoms with Crippen LogP contribution in [0.1, 0.15) is 59.9 Å². The van der Waals surface area contributed by atoms with Gasteiger partial charge in [-0.05, 0) is 74.5 Å². The first-order valence-corrected chi connectivity index (χ1v) is 13.7. The van der Waals surface area contributed by atoms with Crippen molar-refractivity contribution < 1.29 is 14.7 Å². The van der Waals surface area contributed by atoms with Crippen LogP contribution in [-0.4, -0.2) is 27.5 Å². The van der Waals surface area contributed by atoms with Crippen molar-refractivity contribution in [1.29, 1.82) is 0 Å². The molecule has 37 heavy (non-hydrogen) atoms. The highest BCUT2D eigenvalue weighted by Crippen LogP contribution is 2.58. The van der Waals surface area contributed by atoms with Gasteiger partial charge >= 0.3 is 0 Å². The normalized spacial score (nSPS) is 36.1. The number of carbonyl (C=O) groups excluding carboxylic acids is 2. The maximum atomic E-state index is 14.4. The molecule has 1 fully saturated rings. The lowest BCUT2D eigenvalue weighted by molar-refractivity contribution is -0.130. The number of benzene rings is 1. The van der Waals surface area contributed by atoms with Gasteiger partial charge in [-0.25, -0.2) is 0 Å². The van der Waals surface area contributed by atoms with Crippen LogP contribution in [0.2, 0.25) is 0 Å². The maximum Gasteiger partial charge on any atom is 0.257 e. The lowest BCUT2D eigenvalue weighted by Gasteiger charge is -2.54. The number of ketones is 1. The van der Waals surface area contributed by atoms with Crippen molar-refractivity contribution in [3.05, 3.63) is 71.0 Å². The van der Waals surface area contributed by atoms with E-state index in [1.807, 2.05) is 37.4 Å². The van der Waals surface area contributed by atoms with Crippen molar-refractivity contribution >= 4 is 22.6 Å². The van der Waals surface area contributed by atoms with Crippen LogP contribution in [0.4, 0.5) is 0 Å². The highest BCUT2D eigenvalue weighted by Gasteiger charge is 2.55. The summed E-state index contributed by atoms with van der Waals surface area (Å²) in [5.74, 6) is 0.0954. The van der Waals surface area contributed by atoms with Crippen LogP contribution in [0, 0.1) is 35.0 Å². The van der Waals surface area contributed by atoms with Crippen LogP contribution in [-0.2, 0) is 16.0 Å². The lowest BCUT2D eigenvalue weighted by atomic mass is 9.49. The zero-order valence-electron chi connectivity index (χ0n) is 22.9. The number of aromatic amines is 1. The standard InChI is InChI=1S/C32H40N2O3/c1-7-19(3)26-21(5)14-31(6)13-18(2)12-20(4)28(31)27(26)29(35)24-16-32(37,34-30(24)36)15-22-17-33-25-11-9-8-10-23(22)25/h7-11,14,16-18,20,26-28,33,37H,12-13,15H2,1-6H3,(H,34,36). The number of aliphatic hydroxyl groups is 1. The number of H-pyrrole nitrogens is 1. The summed E-state index contributed by atoms with van der Waals surface area (Å²) in [7, 11) is 0. The van der Waals surface area contributed by atoms with Crippen molar-refractivity contribution in [3.63, 3.8) is 0 Å². The molecule has 0 bridgehead atoms. The minimum Gasteiger partial charge on any atom is -0.367 e. The molecule has 0 radical (unpaired) electrons. The third-order valence-electron chi connectivity index (χ3n) is 9.34. The van der Waals surface area contributed by atoms with Crippen LogP contribution in [0.5, 0.6) is 0 Å². The molecule has 1 saturated carbocycles. The number of hydrogen-bond donors (Lipinski definition) is 3. The van der Waals surface area contributed by atoms with E-state index in [0.717, 1.165) is 34.9 Å². The molecule has 196 valence electrons. The van der Waals surface area contributed by atoms with Gasteiger partial charge < -0.3 is 15.4 Å². The van der Waals surface area contributed by atoms with E-state index in [1.54, 1.807) is 0 Å². The van der Waals surface area contributed by atoms with Crippen LogP contribution in [0.25, 0.3) is 10.9 Å². The first-order chi connectivity index (χ1) is 17.5. The summed E-state index contributed by atoms with van der Waals surface area (Å²) in [5.41, 5.74) is 2.64. The van der Waals surface area contributed by atoms with Gasteiger partial charge in [0.25, 0.3) is 5.91 Å². The molecule has 7 unspecified atom stereocenters. The van der Waals surface area contributed by atoms with Crippen LogP contribution in [0.3, 0.4) is 0 Å². The summed E-state index contributed by atoms with van der Waals surface area (Å²) in [6, 6.07) is 7.88. The fraction of sp³-hybridized carbons (Fsp3) is 0.500. The number of Topliss-reactive ketones (excluding diaryl/α,β-unsaturated/α-hetero) is 1. The molecular weight excluding hydrogens is 460 g/mol. The van der Waals surface area contributed by atoms with Gasteiger partial charge in [-0.1, -0.05) is 62.3 Å². The third-order valence-corrected chi connectivity index (χ3v) is 9.34. The molecule has 2 heterocycles. The fourth-order valence-electron chi connectivity index (χ4n) is 8.19. The lowest BCUT2D eigenvalue weighted by Crippen LogP contribution is -2.51. The molecule has 2 aromatic rings. The average Bonchev–Trinajstić information content (AvgIpc) is 3.36. The Morgan fingerprint density at radius 1 is 1.22 bits per heavy atom. The van der Waals surface area contributed by atoms with Crippen molar-refractivity contribution in [1.82, 2.24) is 10.3 Å². The largest absolute Gasteiger partial charge is 0.367 e. The number of hydrogen-bond acceptors (Lipinski definition) is 3. The van der Waals surface area contributed by atoms with Gasteiger partial charge in [0.05, 0.1) is 5.57 Å². The number of nitrogens with one attached hydrogen (secondary N) is 2. The monoisotopic (exact) mass is 500 g/mol. The summed E-state index contributed by atoms with van der Waals surface area (Å²) in [5, 5.41) is 15.2. The second kappa shape index (κ2) is 9.13. The Kier molecular flexibility index (Phi) is 6.34. The molecule has 1 aliphatic heterocycles. The Bertz CT molecular complexity index is 1350. The molecule has 7 atom stereocenters. The molecule has 2 aliphatic carbocycles. The molecule has 0 spiro atoms. The highest BCUT2D eigenvalue weighted by atomic mass is 16.3. The third kappa shape index (κ3) is 4.31. The van der Waals surface area contributed by atoms with Gasteiger partial charge in [-0.2, -0.15) is 0 Å². The van der Waals surface area contributed by atoms with Crippen LogP contribution >= 0.6 is 0 Å². The number of allylic oxidation sites excluding steroid dienone is 4. The van der Waals surface area contributed by atoms with Gasteiger partial charge in [0.2, 0.25) is 0 Å². The molecule has 1 aromatic heterocycles. The van der Waals surface area contributed by atoms with E-state index in [0.29, 0.717) is 11.8 Å². The van der Waals surface area contributed by atoms with E-state index >= 15 is 0 Å². The smallest absolute Gasteiger partial charge is 0.257 e. The molecule has 1 aromatic carbocycles. The van der Waals surface area contributed by atoms with Crippen molar-refractivity contribution in [2.75, 3.05) is 0 Å². The second-order valence-corrected chi connectivity index (χ2v) is 12.3. The first kappa shape index (κ1) is 25.7. The number of aromatic nitrogens is 1. The van der Waals surface area contributed by atoms with Crippen molar-refractivity contribution in [3.8, 4) is 0 Å². The molecule has 5 nitrogen and oxygen atoms in total. The van der Waals surface area contributed by atoms with Gasteiger partial charge in [-0.3, -0.25) is 9.59 Å². The molecule has 5 rings (SSSR count). The number of rotatable bonds is 5. The summed E-state index contributed by atoms with van der Waals surface area (Å²) in [4.78, 5) is 30.9. The zero-order valence-corrected chi connectivity index (χ0v) is 22.9. The fourth-order valence-corrected chi connectivity index (χ4v) is 8.19. The first-order valence-electron chi connectivity index (χ1n) is 13.7. The maximum absolute atomic E-state index is 14.4. The van der Waals surface area contributed by atoms with E-state index in [9.17, 15) is 14.7 Å². The van der Waals surface area contributed by atoms with Crippen LogP contribution < -0.4 is 5.32 Å². The Morgan fingerprint density at radius 2 is 1.95 bits per heavy atom. The highest BCUT2D eigenvalue weighted by molar-refractivity contribution is 6.22. The van der Waals surface area contributed by atoms with Crippen molar-refractivity contribution in [2.24, 2.45) is 35.0 Å². The summed E-state index contributed by atoms with van der Waals surface area (Å²) >= 11 is 0. The van der Waals surface area contributed by atoms with E-state index < -0.39 is 11.6 Å². The van der Waals surface area contributed by atoms with E-state index in [4.69, 9.17) is 0 Å². The Morgan fingerprint density at radius 3 is 2.68 bits per heavy atom. The second-order valence-electron chi connectivity index (χ2n) is 12.3. The van der Waals surface area contributed by atoms with E-state index in [-0.39, 0.29) is 40.9 Å². The average molecular weight is 501 g/mol. The van der Waals surface area contributed by atoms with Crippen LogP contribution in [0.15, 0.2) is 65.4 Å². The quantitative estimate of drug-likeness (QED) is 0.355.